The summed E-state index contributed by atoms with van der Waals surface area (Å²) >= 11 is 6.04. The Morgan fingerprint density at radius 3 is 2.43 bits per heavy atom. The molecule has 1 saturated heterocycles. The molecule has 160 valence electrons. The molecule has 1 fully saturated rings. The minimum atomic E-state index is -0.431. The molecule has 30 heavy (non-hydrogen) atoms. The van der Waals surface area contributed by atoms with Gasteiger partial charge in [-0.2, -0.15) is 0 Å². The third-order valence-corrected chi connectivity index (χ3v) is 5.62. The standard InChI is InChI=1S/C22H24ClF2N3O2/c1-27(13-18-19(23)3-2-4-20(18)25)21(29)14-28-11-9-17(10-12-28)26-22(30)15-5-7-16(24)8-6-15/h2-8,17H,9-14H2,1H3,(H,26,30). The van der Waals surface area contributed by atoms with E-state index in [2.05, 4.69) is 5.32 Å². The van der Waals surface area contributed by atoms with Gasteiger partial charge in [0.1, 0.15) is 11.6 Å². The Labute approximate surface area is 179 Å². The number of benzene rings is 2. The van der Waals surface area contributed by atoms with Crippen LogP contribution in [0.3, 0.4) is 0 Å². The van der Waals surface area contributed by atoms with Gasteiger partial charge >= 0.3 is 0 Å². The molecule has 1 aliphatic rings. The van der Waals surface area contributed by atoms with Crippen LogP contribution in [0.1, 0.15) is 28.8 Å². The first-order valence-electron chi connectivity index (χ1n) is 9.79. The largest absolute Gasteiger partial charge is 0.349 e. The summed E-state index contributed by atoms with van der Waals surface area (Å²) in [5, 5.41) is 3.26. The number of hydrogen-bond acceptors (Lipinski definition) is 3. The number of likely N-dealkylation sites (tertiary alicyclic amines) is 1. The Morgan fingerprint density at radius 1 is 1.13 bits per heavy atom. The van der Waals surface area contributed by atoms with Gasteiger partial charge in [0.25, 0.3) is 5.91 Å². The van der Waals surface area contributed by atoms with Crippen molar-refractivity contribution >= 4 is 23.4 Å². The van der Waals surface area contributed by atoms with Crippen molar-refractivity contribution in [1.82, 2.24) is 15.1 Å². The summed E-state index contributed by atoms with van der Waals surface area (Å²) in [6, 6.07) is 9.88. The number of nitrogens with one attached hydrogen (secondary N) is 1. The van der Waals surface area contributed by atoms with E-state index in [1.165, 1.54) is 41.3 Å². The highest BCUT2D eigenvalue weighted by molar-refractivity contribution is 6.31. The molecule has 1 N–H and O–H groups in total. The second kappa shape index (κ2) is 10.00. The van der Waals surface area contributed by atoms with Gasteiger partial charge in [0.2, 0.25) is 5.91 Å². The number of piperidine rings is 1. The summed E-state index contributed by atoms with van der Waals surface area (Å²) in [6.07, 6.45) is 1.42. The molecule has 2 aromatic carbocycles. The topological polar surface area (TPSA) is 52.7 Å². The fourth-order valence-electron chi connectivity index (χ4n) is 3.43. The lowest BCUT2D eigenvalue weighted by Crippen LogP contribution is -2.47. The average Bonchev–Trinajstić information content (AvgIpc) is 2.72. The molecule has 1 heterocycles. The number of carbonyl (C=O) groups excluding carboxylic acids is 2. The van der Waals surface area contributed by atoms with E-state index in [1.807, 2.05) is 4.90 Å². The summed E-state index contributed by atoms with van der Waals surface area (Å²) in [7, 11) is 1.63. The minimum Gasteiger partial charge on any atom is -0.349 e. The predicted octanol–water partition coefficient (Wildman–Crippen LogP) is 3.47. The maximum atomic E-state index is 13.9. The Balaban J connectivity index is 1.45. The van der Waals surface area contributed by atoms with Crippen molar-refractivity contribution in [3.05, 3.63) is 70.2 Å². The van der Waals surface area contributed by atoms with Gasteiger partial charge in [-0.05, 0) is 49.2 Å². The van der Waals surface area contributed by atoms with Crippen LogP contribution in [0.25, 0.3) is 0 Å². The van der Waals surface area contributed by atoms with Gasteiger partial charge in [-0.3, -0.25) is 14.5 Å². The first-order chi connectivity index (χ1) is 14.3. The second-order valence-corrected chi connectivity index (χ2v) is 7.89. The molecule has 2 amide bonds. The number of halogens is 3. The van der Waals surface area contributed by atoms with E-state index in [1.54, 1.807) is 13.1 Å². The monoisotopic (exact) mass is 435 g/mol. The number of carbonyl (C=O) groups is 2. The van der Waals surface area contributed by atoms with Crippen molar-refractivity contribution < 1.29 is 18.4 Å². The molecule has 5 nitrogen and oxygen atoms in total. The molecule has 0 radical (unpaired) electrons. The van der Waals surface area contributed by atoms with E-state index in [-0.39, 0.29) is 36.8 Å². The highest BCUT2D eigenvalue weighted by atomic mass is 35.5. The van der Waals surface area contributed by atoms with Crippen molar-refractivity contribution in [3.8, 4) is 0 Å². The number of nitrogens with zero attached hydrogens (tertiary/aromatic N) is 2. The van der Waals surface area contributed by atoms with Gasteiger partial charge in [-0.1, -0.05) is 17.7 Å². The van der Waals surface area contributed by atoms with Crippen LogP contribution in [0.2, 0.25) is 5.02 Å². The maximum Gasteiger partial charge on any atom is 0.251 e. The first kappa shape index (κ1) is 22.2. The molecule has 1 aliphatic heterocycles. The van der Waals surface area contributed by atoms with Crippen molar-refractivity contribution in [2.75, 3.05) is 26.7 Å². The highest BCUT2D eigenvalue weighted by Gasteiger charge is 2.24. The quantitative estimate of drug-likeness (QED) is 0.756. The van der Waals surface area contributed by atoms with Gasteiger partial charge in [-0.25, -0.2) is 8.78 Å². The van der Waals surface area contributed by atoms with Gasteiger partial charge in [0.05, 0.1) is 6.54 Å². The molecule has 0 bridgehead atoms. The van der Waals surface area contributed by atoms with Gasteiger partial charge in [0, 0.05) is 48.9 Å². The molecule has 0 aliphatic carbocycles. The van der Waals surface area contributed by atoms with Crippen LogP contribution in [0.15, 0.2) is 42.5 Å². The van der Waals surface area contributed by atoms with Gasteiger partial charge in [0.15, 0.2) is 0 Å². The summed E-state index contributed by atoms with van der Waals surface area (Å²) in [6.45, 7) is 1.65. The molecular formula is C22H24ClF2N3O2. The van der Waals surface area contributed by atoms with Crippen molar-refractivity contribution in [3.63, 3.8) is 0 Å². The smallest absolute Gasteiger partial charge is 0.251 e. The SMILES string of the molecule is CN(Cc1c(F)cccc1Cl)C(=O)CN1CCC(NC(=O)c2ccc(F)cc2)CC1. The lowest BCUT2D eigenvalue weighted by molar-refractivity contribution is -0.132. The Hall–Kier alpha value is -2.51. The molecule has 8 heteroatoms. The molecule has 3 rings (SSSR count). The number of rotatable bonds is 6. The van der Waals surface area contributed by atoms with Crippen molar-refractivity contribution in [1.29, 1.82) is 0 Å². The fourth-order valence-corrected chi connectivity index (χ4v) is 3.65. The Morgan fingerprint density at radius 2 is 1.80 bits per heavy atom. The summed E-state index contributed by atoms with van der Waals surface area (Å²) in [5.41, 5.74) is 0.722. The van der Waals surface area contributed by atoms with E-state index < -0.39 is 5.82 Å². The summed E-state index contributed by atoms with van der Waals surface area (Å²) < 4.78 is 26.9. The van der Waals surface area contributed by atoms with Crippen LogP contribution in [0.4, 0.5) is 8.78 Å². The highest BCUT2D eigenvalue weighted by Crippen LogP contribution is 2.20. The fraction of sp³-hybridized carbons (Fsp3) is 0.364. The minimum absolute atomic E-state index is 0.00357. The number of amides is 2. The zero-order valence-corrected chi connectivity index (χ0v) is 17.5. The summed E-state index contributed by atoms with van der Waals surface area (Å²) in [5.74, 6) is -1.17. The van der Waals surface area contributed by atoms with E-state index in [0.29, 0.717) is 42.1 Å². The van der Waals surface area contributed by atoms with E-state index >= 15 is 0 Å². The third kappa shape index (κ3) is 5.77. The molecule has 0 saturated carbocycles. The third-order valence-electron chi connectivity index (χ3n) is 5.27. The van der Waals surface area contributed by atoms with E-state index in [4.69, 9.17) is 11.6 Å². The Bertz CT molecular complexity index is 880. The lowest BCUT2D eigenvalue weighted by Gasteiger charge is -2.33. The predicted molar refractivity (Wildman–Crippen MR) is 111 cm³/mol. The van der Waals surface area contributed by atoms with Crippen LogP contribution in [-0.4, -0.2) is 54.3 Å². The van der Waals surface area contributed by atoms with Crippen LogP contribution in [0, 0.1) is 11.6 Å². The van der Waals surface area contributed by atoms with Crippen LogP contribution in [-0.2, 0) is 11.3 Å². The van der Waals surface area contributed by atoms with Crippen LogP contribution < -0.4 is 5.32 Å². The Kier molecular flexibility index (Phi) is 7.39. The lowest BCUT2D eigenvalue weighted by atomic mass is 10.0. The second-order valence-electron chi connectivity index (χ2n) is 7.48. The normalized spacial score (nSPS) is 15.1. The molecule has 0 atom stereocenters. The molecule has 0 aromatic heterocycles. The molecule has 2 aromatic rings. The summed E-state index contributed by atoms with van der Waals surface area (Å²) in [4.78, 5) is 28.3. The van der Waals surface area contributed by atoms with Crippen molar-refractivity contribution in [2.45, 2.75) is 25.4 Å². The van der Waals surface area contributed by atoms with Crippen LogP contribution in [0.5, 0.6) is 0 Å². The van der Waals surface area contributed by atoms with Crippen molar-refractivity contribution in [2.24, 2.45) is 0 Å². The zero-order valence-electron chi connectivity index (χ0n) is 16.7. The van der Waals surface area contributed by atoms with Crippen LogP contribution >= 0.6 is 11.6 Å². The number of hydrogen-bond donors (Lipinski definition) is 1. The van der Waals surface area contributed by atoms with E-state index in [0.717, 1.165) is 0 Å². The zero-order chi connectivity index (χ0) is 21.7. The first-order valence-corrected chi connectivity index (χ1v) is 10.2. The number of likely N-dealkylation sites (N-methyl/N-ethyl adjacent to an activating group) is 1. The molecule has 0 unspecified atom stereocenters. The molecule has 0 spiro atoms. The molecular weight excluding hydrogens is 412 g/mol. The van der Waals surface area contributed by atoms with Gasteiger partial charge in [-0.15, -0.1) is 0 Å². The van der Waals surface area contributed by atoms with Gasteiger partial charge < -0.3 is 10.2 Å². The maximum absolute atomic E-state index is 13.9. The average molecular weight is 436 g/mol. The van der Waals surface area contributed by atoms with E-state index in [9.17, 15) is 18.4 Å².